The Hall–Kier alpha value is -1.81. The summed E-state index contributed by atoms with van der Waals surface area (Å²) < 4.78 is 0. The number of amides is 1. The summed E-state index contributed by atoms with van der Waals surface area (Å²) in [4.78, 5) is 18.5. The summed E-state index contributed by atoms with van der Waals surface area (Å²) >= 11 is 1.71. The molecule has 21 heavy (non-hydrogen) atoms. The Bertz CT molecular complexity index is 560. The van der Waals surface area contributed by atoms with E-state index in [9.17, 15) is 4.79 Å². The van der Waals surface area contributed by atoms with E-state index in [-0.39, 0.29) is 5.91 Å². The molecule has 0 aliphatic heterocycles. The van der Waals surface area contributed by atoms with E-state index in [1.54, 1.807) is 24.2 Å². The average molecular weight is 300 g/mol. The molecule has 1 aromatic heterocycles. The third-order valence-electron chi connectivity index (χ3n) is 3.32. The van der Waals surface area contributed by atoms with Gasteiger partial charge in [0, 0.05) is 29.8 Å². The van der Waals surface area contributed by atoms with Crippen molar-refractivity contribution in [2.45, 2.75) is 25.1 Å². The maximum Gasteiger partial charge on any atom is 0.228 e. The molecule has 110 valence electrons. The summed E-state index contributed by atoms with van der Waals surface area (Å²) in [5, 5.41) is 0.317. The fraction of sp³-hybridized carbons (Fsp3) is 0.294. The van der Waals surface area contributed by atoms with Crippen LogP contribution in [0.4, 0.5) is 5.69 Å². The van der Waals surface area contributed by atoms with Crippen LogP contribution < -0.4 is 4.90 Å². The smallest absolute Gasteiger partial charge is 0.228 e. The molecule has 0 spiro atoms. The third kappa shape index (κ3) is 4.60. The van der Waals surface area contributed by atoms with Crippen LogP contribution >= 0.6 is 11.8 Å². The Balaban J connectivity index is 2.20. The molecule has 1 amide bonds. The van der Waals surface area contributed by atoms with Crippen LogP contribution in [0.25, 0.3) is 0 Å². The van der Waals surface area contributed by atoms with Crippen molar-refractivity contribution in [3.05, 3.63) is 60.4 Å². The molecule has 1 unspecified atom stereocenters. The fourth-order valence-electron chi connectivity index (χ4n) is 2.05. The van der Waals surface area contributed by atoms with Crippen LogP contribution in [0, 0.1) is 0 Å². The number of nitrogens with zero attached hydrogens (tertiary/aromatic N) is 2. The fourth-order valence-corrected chi connectivity index (χ4v) is 2.36. The first-order valence-electron chi connectivity index (χ1n) is 6.98. The Morgan fingerprint density at radius 3 is 2.48 bits per heavy atom. The molecular weight excluding hydrogens is 280 g/mol. The zero-order valence-corrected chi connectivity index (χ0v) is 13.2. The number of rotatable bonds is 6. The van der Waals surface area contributed by atoms with Gasteiger partial charge in [-0.2, -0.15) is 11.8 Å². The topological polar surface area (TPSA) is 33.2 Å². The van der Waals surface area contributed by atoms with E-state index in [0.29, 0.717) is 18.2 Å². The van der Waals surface area contributed by atoms with Gasteiger partial charge >= 0.3 is 0 Å². The normalized spacial score (nSPS) is 11.9. The first-order valence-corrected chi connectivity index (χ1v) is 8.26. The standard InChI is InChI=1S/C17H20N2OS/c1-14(21-2)12-17(20)19(16-8-10-18-11-9-16)13-15-6-4-3-5-7-15/h3-11,14H,12-13H2,1-2H3. The van der Waals surface area contributed by atoms with Gasteiger partial charge in [0.05, 0.1) is 6.54 Å². The molecule has 0 N–H and O–H groups in total. The van der Waals surface area contributed by atoms with Crippen molar-refractivity contribution in [2.24, 2.45) is 0 Å². The number of hydrogen-bond acceptors (Lipinski definition) is 3. The molecule has 2 aromatic rings. The summed E-state index contributed by atoms with van der Waals surface area (Å²) in [6, 6.07) is 13.8. The second kappa shape index (κ2) is 7.84. The molecule has 3 nitrogen and oxygen atoms in total. The van der Waals surface area contributed by atoms with Crippen molar-refractivity contribution >= 4 is 23.4 Å². The second-order valence-electron chi connectivity index (χ2n) is 4.92. The van der Waals surface area contributed by atoms with Crippen molar-refractivity contribution in [3.8, 4) is 0 Å². The second-order valence-corrected chi connectivity index (χ2v) is 6.20. The summed E-state index contributed by atoms with van der Waals surface area (Å²) in [5.41, 5.74) is 2.02. The number of carbonyl (C=O) groups is 1. The number of pyridine rings is 1. The van der Waals surface area contributed by atoms with Gasteiger partial charge in [0.1, 0.15) is 0 Å². The molecule has 1 heterocycles. The van der Waals surface area contributed by atoms with Crippen LogP contribution in [0.3, 0.4) is 0 Å². The van der Waals surface area contributed by atoms with E-state index in [1.165, 1.54) is 0 Å². The molecule has 2 rings (SSSR count). The molecule has 0 saturated heterocycles. The van der Waals surface area contributed by atoms with Gasteiger partial charge in [0.15, 0.2) is 0 Å². The van der Waals surface area contributed by atoms with E-state index in [1.807, 2.05) is 53.6 Å². The maximum atomic E-state index is 12.6. The van der Waals surface area contributed by atoms with Crippen molar-refractivity contribution < 1.29 is 4.79 Å². The maximum absolute atomic E-state index is 12.6. The average Bonchev–Trinajstić information content (AvgIpc) is 2.54. The van der Waals surface area contributed by atoms with E-state index >= 15 is 0 Å². The lowest BCUT2D eigenvalue weighted by molar-refractivity contribution is -0.118. The van der Waals surface area contributed by atoms with Crippen LogP contribution in [0.1, 0.15) is 18.9 Å². The highest BCUT2D eigenvalue weighted by Crippen LogP contribution is 2.20. The molecule has 0 saturated carbocycles. The molecule has 1 atom stereocenters. The van der Waals surface area contributed by atoms with Gasteiger partial charge < -0.3 is 4.90 Å². The Morgan fingerprint density at radius 2 is 1.86 bits per heavy atom. The Morgan fingerprint density at radius 1 is 1.19 bits per heavy atom. The lowest BCUT2D eigenvalue weighted by Crippen LogP contribution is -2.32. The zero-order valence-electron chi connectivity index (χ0n) is 12.4. The SMILES string of the molecule is CSC(C)CC(=O)N(Cc1ccccc1)c1ccncc1. The molecule has 1 aromatic carbocycles. The highest BCUT2D eigenvalue weighted by atomic mass is 32.2. The Kier molecular flexibility index (Phi) is 5.81. The van der Waals surface area contributed by atoms with Crippen molar-refractivity contribution in [1.29, 1.82) is 0 Å². The zero-order chi connectivity index (χ0) is 15.1. The predicted octanol–water partition coefficient (Wildman–Crippen LogP) is 3.76. The minimum atomic E-state index is 0.145. The van der Waals surface area contributed by atoms with Gasteiger partial charge in [-0.15, -0.1) is 0 Å². The van der Waals surface area contributed by atoms with Gasteiger partial charge in [-0.05, 0) is 24.0 Å². The number of hydrogen-bond donors (Lipinski definition) is 0. The molecule has 0 radical (unpaired) electrons. The highest BCUT2D eigenvalue weighted by molar-refractivity contribution is 7.99. The molecule has 0 aliphatic rings. The van der Waals surface area contributed by atoms with Crippen LogP contribution in [-0.2, 0) is 11.3 Å². The van der Waals surface area contributed by atoms with Crippen molar-refractivity contribution in [1.82, 2.24) is 4.98 Å². The summed E-state index contributed by atoms with van der Waals surface area (Å²) in [7, 11) is 0. The number of carbonyl (C=O) groups excluding carboxylic acids is 1. The van der Waals surface area contributed by atoms with Gasteiger partial charge in [-0.25, -0.2) is 0 Å². The van der Waals surface area contributed by atoms with Gasteiger partial charge in [-0.1, -0.05) is 37.3 Å². The van der Waals surface area contributed by atoms with Crippen LogP contribution in [0.15, 0.2) is 54.9 Å². The minimum Gasteiger partial charge on any atom is -0.308 e. The third-order valence-corrected chi connectivity index (χ3v) is 4.29. The lowest BCUT2D eigenvalue weighted by atomic mass is 10.2. The van der Waals surface area contributed by atoms with Crippen molar-refractivity contribution in [3.63, 3.8) is 0 Å². The monoisotopic (exact) mass is 300 g/mol. The first kappa shape index (κ1) is 15.6. The number of aromatic nitrogens is 1. The Labute approximate surface area is 130 Å². The molecular formula is C17H20N2OS. The highest BCUT2D eigenvalue weighted by Gasteiger charge is 2.18. The summed E-state index contributed by atoms with van der Waals surface area (Å²) in [5.74, 6) is 0.145. The molecule has 0 fully saturated rings. The van der Waals surface area contributed by atoms with Gasteiger partial charge in [-0.3, -0.25) is 9.78 Å². The molecule has 4 heteroatoms. The van der Waals surface area contributed by atoms with E-state index in [0.717, 1.165) is 11.3 Å². The van der Waals surface area contributed by atoms with Crippen LogP contribution in [0.5, 0.6) is 0 Å². The quantitative estimate of drug-likeness (QED) is 0.814. The van der Waals surface area contributed by atoms with Crippen LogP contribution in [0.2, 0.25) is 0 Å². The predicted molar refractivity (Wildman–Crippen MR) is 89.5 cm³/mol. The minimum absolute atomic E-state index is 0.145. The summed E-state index contributed by atoms with van der Waals surface area (Å²) in [6.45, 7) is 2.67. The number of benzene rings is 1. The van der Waals surface area contributed by atoms with Gasteiger partial charge in [0.25, 0.3) is 0 Å². The lowest BCUT2D eigenvalue weighted by Gasteiger charge is -2.24. The largest absolute Gasteiger partial charge is 0.308 e. The molecule has 0 bridgehead atoms. The van der Waals surface area contributed by atoms with E-state index in [2.05, 4.69) is 11.9 Å². The molecule has 0 aliphatic carbocycles. The van der Waals surface area contributed by atoms with E-state index in [4.69, 9.17) is 0 Å². The number of anilines is 1. The summed E-state index contributed by atoms with van der Waals surface area (Å²) in [6.07, 6.45) is 6.01. The van der Waals surface area contributed by atoms with Gasteiger partial charge in [0.2, 0.25) is 5.91 Å². The number of thioether (sulfide) groups is 1. The van der Waals surface area contributed by atoms with Crippen molar-refractivity contribution in [2.75, 3.05) is 11.2 Å². The van der Waals surface area contributed by atoms with Crippen LogP contribution in [-0.4, -0.2) is 22.4 Å². The van der Waals surface area contributed by atoms with E-state index < -0.39 is 0 Å². The first-order chi connectivity index (χ1) is 10.2.